The summed E-state index contributed by atoms with van der Waals surface area (Å²) in [5, 5.41) is 3.19. The summed E-state index contributed by atoms with van der Waals surface area (Å²) < 4.78 is 5.14. The second-order valence-corrected chi connectivity index (χ2v) is 4.69. The van der Waals surface area contributed by atoms with E-state index < -0.39 is 0 Å². The fourth-order valence-corrected chi connectivity index (χ4v) is 1.67. The third kappa shape index (κ3) is 3.77. The number of ether oxygens (including phenoxy) is 1. The first-order chi connectivity index (χ1) is 10.1. The highest BCUT2D eigenvalue weighted by Gasteiger charge is 2.10. The number of rotatable bonds is 6. The van der Waals surface area contributed by atoms with E-state index in [-0.39, 0.29) is 0 Å². The lowest BCUT2D eigenvalue weighted by molar-refractivity contribution is 0.398. The van der Waals surface area contributed by atoms with E-state index in [0.29, 0.717) is 23.6 Å². The van der Waals surface area contributed by atoms with E-state index in [2.05, 4.69) is 32.2 Å². The van der Waals surface area contributed by atoms with Crippen LogP contribution in [0.3, 0.4) is 0 Å². The zero-order valence-electron chi connectivity index (χ0n) is 12.8. The average molecular weight is 288 g/mol. The fourth-order valence-electron chi connectivity index (χ4n) is 1.67. The van der Waals surface area contributed by atoms with E-state index in [1.165, 1.54) is 0 Å². The summed E-state index contributed by atoms with van der Waals surface area (Å²) in [7, 11) is 5.38. The molecule has 0 radical (unpaired) electrons. The molecule has 0 aliphatic rings. The maximum atomic E-state index is 5.14. The Bertz CT molecular complexity index is 602. The summed E-state index contributed by atoms with van der Waals surface area (Å²) in [5.74, 6) is 2.30. The smallest absolute Gasteiger partial charge is 0.230 e. The van der Waals surface area contributed by atoms with Gasteiger partial charge in [-0.05, 0) is 12.5 Å². The van der Waals surface area contributed by atoms with Crippen molar-refractivity contribution in [3.05, 3.63) is 18.3 Å². The van der Waals surface area contributed by atoms with Gasteiger partial charge in [-0.2, -0.15) is 15.0 Å². The lowest BCUT2D eigenvalue weighted by Crippen LogP contribution is -2.16. The second kappa shape index (κ2) is 6.83. The molecule has 7 nitrogen and oxygen atoms in total. The molecule has 0 atom stereocenters. The van der Waals surface area contributed by atoms with Crippen LogP contribution < -0.4 is 15.0 Å². The minimum absolute atomic E-state index is 0.530. The zero-order valence-corrected chi connectivity index (χ0v) is 12.8. The summed E-state index contributed by atoms with van der Waals surface area (Å²) in [6, 6.07) is 3.65. The van der Waals surface area contributed by atoms with Crippen LogP contribution in [0.5, 0.6) is 5.88 Å². The van der Waals surface area contributed by atoms with Gasteiger partial charge in [-0.1, -0.05) is 6.92 Å². The van der Waals surface area contributed by atoms with Crippen LogP contribution >= 0.6 is 0 Å². The predicted molar refractivity (Wildman–Crippen MR) is 82.7 cm³/mol. The third-order valence-electron chi connectivity index (χ3n) is 2.76. The first-order valence-corrected chi connectivity index (χ1v) is 6.81. The van der Waals surface area contributed by atoms with Crippen LogP contribution in [-0.4, -0.2) is 47.7 Å². The minimum Gasteiger partial charge on any atom is -0.481 e. The Kier molecular flexibility index (Phi) is 4.86. The Hall–Kier alpha value is -2.44. The van der Waals surface area contributed by atoms with E-state index in [1.807, 2.05) is 25.1 Å². The SMILES string of the molecule is CCCNc1nc(-c2ccnc(OC)c2)nc(N(C)C)n1. The topological polar surface area (TPSA) is 76.1 Å². The number of aromatic nitrogens is 4. The predicted octanol–water partition coefficient (Wildman–Crippen LogP) is 1.83. The van der Waals surface area contributed by atoms with Gasteiger partial charge in [0.05, 0.1) is 7.11 Å². The highest BCUT2D eigenvalue weighted by atomic mass is 16.5. The Labute approximate surface area is 124 Å². The maximum Gasteiger partial charge on any atom is 0.230 e. The van der Waals surface area contributed by atoms with Gasteiger partial charge >= 0.3 is 0 Å². The summed E-state index contributed by atoms with van der Waals surface area (Å²) in [4.78, 5) is 19.2. The molecule has 7 heteroatoms. The molecule has 2 heterocycles. The quantitative estimate of drug-likeness (QED) is 0.869. The van der Waals surface area contributed by atoms with Crippen molar-refractivity contribution in [2.24, 2.45) is 0 Å². The van der Waals surface area contributed by atoms with Crippen molar-refractivity contribution in [1.82, 2.24) is 19.9 Å². The monoisotopic (exact) mass is 288 g/mol. The molecule has 0 bridgehead atoms. The van der Waals surface area contributed by atoms with Gasteiger partial charge in [-0.3, -0.25) is 0 Å². The molecule has 0 saturated carbocycles. The van der Waals surface area contributed by atoms with Crippen LogP contribution in [0, 0.1) is 0 Å². The van der Waals surface area contributed by atoms with Crippen molar-refractivity contribution in [3.8, 4) is 17.3 Å². The largest absolute Gasteiger partial charge is 0.481 e. The van der Waals surface area contributed by atoms with Gasteiger partial charge in [0.15, 0.2) is 5.82 Å². The van der Waals surface area contributed by atoms with Crippen LogP contribution in [0.25, 0.3) is 11.4 Å². The minimum atomic E-state index is 0.530. The van der Waals surface area contributed by atoms with Crippen LogP contribution in [0.1, 0.15) is 13.3 Å². The summed E-state index contributed by atoms with van der Waals surface area (Å²) in [5.41, 5.74) is 0.840. The van der Waals surface area contributed by atoms with Gasteiger partial charge in [0.2, 0.25) is 17.8 Å². The fraction of sp³-hybridized carbons (Fsp3) is 0.429. The second-order valence-electron chi connectivity index (χ2n) is 4.69. The molecule has 2 rings (SSSR count). The van der Waals surface area contributed by atoms with E-state index in [1.54, 1.807) is 19.4 Å². The highest BCUT2D eigenvalue weighted by molar-refractivity contribution is 5.59. The summed E-state index contributed by atoms with van der Waals surface area (Å²) in [6.45, 7) is 2.91. The molecule has 0 aromatic carbocycles. The number of hydrogen-bond donors (Lipinski definition) is 1. The molecule has 0 spiro atoms. The molecule has 0 amide bonds. The molecule has 0 aliphatic carbocycles. The molecule has 0 aliphatic heterocycles. The van der Waals surface area contributed by atoms with E-state index >= 15 is 0 Å². The number of methoxy groups -OCH3 is 1. The lowest BCUT2D eigenvalue weighted by atomic mass is 10.2. The molecule has 1 N–H and O–H groups in total. The molecular weight excluding hydrogens is 268 g/mol. The molecule has 112 valence electrons. The summed E-state index contributed by atoms with van der Waals surface area (Å²) >= 11 is 0. The van der Waals surface area contributed by atoms with Gasteiger partial charge in [0, 0.05) is 38.5 Å². The Morgan fingerprint density at radius 2 is 2.05 bits per heavy atom. The molecule has 21 heavy (non-hydrogen) atoms. The van der Waals surface area contributed by atoms with E-state index in [4.69, 9.17) is 4.74 Å². The van der Waals surface area contributed by atoms with Crippen molar-refractivity contribution in [1.29, 1.82) is 0 Å². The zero-order chi connectivity index (χ0) is 15.2. The third-order valence-corrected chi connectivity index (χ3v) is 2.76. The number of nitrogens with one attached hydrogen (secondary N) is 1. The van der Waals surface area contributed by atoms with Gasteiger partial charge in [-0.25, -0.2) is 4.98 Å². The Balaban J connectivity index is 2.43. The molecular formula is C14H20N6O. The average Bonchev–Trinajstić information content (AvgIpc) is 2.52. The number of nitrogens with zero attached hydrogens (tertiary/aromatic N) is 5. The normalized spacial score (nSPS) is 10.3. The highest BCUT2D eigenvalue weighted by Crippen LogP contribution is 2.21. The lowest BCUT2D eigenvalue weighted by Gasteiger charge is -2.13. The maximum absolute atomic E-state index is 5.14. The first-order valence-electron chi connectivity index (χ1n) is 6.81. The van der Waals surface area contributed by atoms with Crippen molar-refractivity contribution in [3.63, 3.8) is 0 Å². The van der Waals surface area contributed by atoms with E-state index in [9.17, 15) is 0 Å². The van der Waals surface area contributed by atoms with E-state index in [0.717, 1.165) is 18.5 Å². The summed E-state index contributed by atoms with van der Waals surface area (Å²) in [6.07, 6.45) is 2.67. The van der Waals surface area contributed by atoms with Crippen molar-refractivity contribution in [2.45, 2.75) is 13.3 Å². The molecule has 0 saturated heterocycles. The Morgan fingerprint density at radius 3 is 2.71 bits per heavy atom. The van der Waals surface area contributed by atoms with Crippen LogP contribution in [0.15, 0.2) is 18.3 Å². The Morgan fingerprint density at radius 1 is 1.24 bits per heavy atom. The standard InChI is InChI=1S/C14H20N6O/c1-5-7-16-13-17-12(18-14(19-13)20(2)3)10-6-8-15-11(9-10)21-4/h6,8-9H,5,7H2,1-4H3,(H,16,17,18,19). The molecule has 0 unspecified atom stereocenters. The number of hydrogen-bond acceptors (Lipinski definition) is 7. The van der Waals surface area contributed by atoms with Crippen molar-refractivity contribution in [2.75, 3.05) is 38.0 Å². The van der Waals surface area contributed by atoms with Gasteiger partial charge in [-0.15, -0.1) is 0 Å². The van der Waals surface area contributed by atoms with Gasteiger partial charge < -0.3 is 15.0 Å². The van der Waals surface area contributed by atoms with Gasteiger partial charge in [0.1, 0.15) is 0 Å². The van der Waals surface area contributed by atoms with Crippen LogP contribution in [-0.2, 0) is 0 Å². The van der Waals surface area contributed by atoms with Crippen LogP contribution in [0.4, 0.5) is 11.9 Å². The van der Waals surface area contributed by atoms with Gasteiger partial charge in [0.25, 0.3) is 0 Å². The van der Waals surface area contributed by atoms with Crippen LogP contribution in [0.2, 0.25) is 0 Å². The van der Waals surface area contributed by atoms with Crippen molar-refractivity contribution >= 4 is 11.9 Å². The first kappa shape index (κ1) is 15.0. The molecule has 2 aromatic heterocycles. The number of pyridine rings is 1. The number of anilines is 2. The molecule has 0 fully saturated rings. The van der Waals surface area contributed by atoms with Crippen molar-refractivity contribution < 1.29 is 4.74 Å². The molecule has 2 aromatic rings.